The summed E-state index contributed by atoms with van der Waals surface area (Å²) < 4.78 is 2.65. The summed E-state index contributed by atoms with van der Waals surface area (Å²) in [5, 5.41) is 4.44. The molecule has 1 aliphatic carbocycles. The molecule has 2 aromatic rings. The second-order valence-electron chi connectivity index (χ2n) is 3.81. The molecule has 3 rings (SSSR count). The molecule has 0 bridgehead atoms. The number of hydrogen-bond donors (Lipinski definition) is 1. The summed E-state index contributed by atoms with van der Waals surface area (Å²) in [6.45, 7) is 0. The molecule has 1 fully saturated rings. The average molecular weight is 281 g/mol. The topological polar surface area (TPSA) is 63.6 Å². The number of carbonyl (C=O) groups is 1. The fraction of sp³-hybridized carbons (Fsp3) is 0.300. The number of H-pyrrole nitrogens is 1. The molecular formula is C10H9BrN4O. The first kappa shape index (κ1) is 9.77. The monoisotopic (exact) mass is 280 g/mol. The minimum atomic E-state index is 0.308. The lowest BCUT2D eigenvalue weighted by Crippen LogP contribution is -1.94. The number of hydrogen-bond acceptors (Lipinski definition) is 3. The van der Waals surface area contributed by atoms with E-state index >= 15 is 0 Å². The third-order valence-electron chi connectivity index (χ3n) is 2.56. The molecule has 0 unspecified atom stereocenters. The Kier molecular flexibility index (Phi) is 2.17. The van der Waals surface area contributed by atoms with Gasteiger partial charge in [-0.05, 0) is 34.8 Å². The van der Waals surface area contributed by atoms with Crippen molar-refractivity contribution in [3.05, 3.63) is 22.7 Å². The maximum Gasteiger partial charge on any atom is 0.185 e. The van der Waals surface area contributed by atoms with Crippen molar-refractivity contribution in [3.8, 4) is 11.4 Å². The molecule has 0 aliphatic heterocycles. The van der Waals surface area contributed by atoms with Crippen molar-refractivity contribution in [2.24, 2.45) is 0 Å². The zero-order chi connectivity index (χ0) is 11.1. The van der Waals surface area contributed by atoms with Gasteiger partial charge in [0, 0.05) is 6.20 Å². The van der Waals surface area contributed by atoms with Crippen molar-refractivity contribution >= 4 is 22.2 Å². The summed E-state index contributed by atoms with van der Waals surface area (Å²) in [4.78, 5) is 17.6. The van der Waals surface area contributed by atoms with Gasteiger partial charge >= 0.3 is 0 Å². The Bertz CT molecular complexity index is 541. The van der Waals surface area contributed by atoms with Gasteiger partial charge in [-0.25, -0.2) is 4.98 Å². The molecule has 1 N–H and O–H groups in total. The van der Waals surface area contributed by atoms with E-state index in [0.29, 0.717) is 28.4 Å². The number of aromatic nitrogens is 4. The van der Waals surface area contributed by atoms with E-state index in [2.05, 4.69) is 31.0 Å². The molecule has 2 heterocycles. The lowest BCUT2D eigenvalue weighted by atomic mass is 10.3. The molecule has 5 nitrogen and oxygen atoms in total. The SMILES string of the molecule is O=Cc1nc(-c2ccn(C3CC3)n2)c(Br)[nH]1. The van der Waals surface area contributed by atoms with Crippen LogP contribution in [-0.4, -0.2) is 26.0 Å². The molecule has 6 heteroatoms. The van der Waals surface area contributed by atoms with E-state index in [4.69, 9.17) is 0 Å². The summed E-state index contributed by atoms with van der Waals surface area (Å²) in [5.41, 5.74) is 1.46. The van der Waals surface area contributed by atoms with Crippen LogP contribution in [0.15, 0.2) is 16.9 Å². The first-order valence-corrected chi connectivity index (χ1v) is 5.83. The average Bonchev–Trinajstić information content (AvgIpc) is 2.89. The van der Waals surface area contributed by atoms with E-state index in [9.17, 15) is 4.79 Å². The number of halogens is 1. The summed E-state index contributed by atoms with van der Waals surface area (Å²) >= 11 is 3.33. The molecule has 1 saturated carbocycles. The summed E-state index contributed by atoms with van der Waals surface area (Å²) in [7, 11) is 0. The van der Waals surface area contributed by atoms with Crippen molar-refractivity contribution in [1.82, 2.24) is 19.7 Å². The second kappa shape index (κ2) is 3.55. The summed E-state index contributed by atoms with van der Waals surface area (Å²) in [6.07, 6.45) is 5.03. The molecule has 0 spiro atoms. The zero-order valence-electron chi connectivity index (χ0n) is 8.35. The molecule has 0 atom stereocenters. The first-order chi connectivity index (χ1) is 7.78. The smallest absolute Gasteiger partial charge is 0.185 e. The van der Waals surface area contributed by atoms with Gasteiger partial charge in [-0.1, -0.05) is 0 Å². The number of imidazole rings is 1. The van der Waals surface area contributed by atoms with Crippen LogP contribution in [0.3, 0.4) is 0 Å². The number of nitrogens with one attached hydrogen (secondary N) is 1. The predicted molar refractivity (Wildman–Crippen MR) is 61.2 cm³/mol. The minimum absolute atomic E-state index is 0.308. The van der Waals surface area contributed by atoms with E-state index in [-0.39, 0.29) is 0 Å². The van der Waals surface area contributed by atoms with Crippen LogP contribution in [0.2, 0.25) is 0 Å². The van der Waals surface area contributed by atoms with Crippen LogP contribution in [0.5, 0.6) is 0 Å². The van der Waals surface area contributed by atoms with E-state index in [0.717, 1.165) is 5.69 Å². The Morgan fingerprint density at radius 3 is 3.00 bits per heavy atom. The van der Waals surface area contributed by atoms with Crippen LogP contribution >= 0.6 is 15.9 Å². The maximum absolute atomic E-state index is 10.6. The minimum Gasteiger partial charge on any atom is -0.330 e. The van der Waals surface area contributed by atoms with Crippen molar-refractivity contribution in [3.63, 3.8) is 0 Å². The number of nitrogens with zero attached hydrogens (tertiary/aromatic N) is 3. The first-order valence-electron chi connectivity index (χ1n) is 5.04. The lowest BCUT2D eigenvalue weighted by Gasteiger charge is -1.94. The van der Waals surface area contributed by atoms with Gasteiger partial charge < -0.3 is 4.98 Å². The van der Waals surface area contributed by atoms with Crippen LogP contribution in [0.1, 0.15) is 29.5 Å². The predicted octanol–water partition coefficient (Wildman–Crippen LogP) is 2.18. The van der Waals surface area contributed by atoms with E-state index in [1.165, 1.54) is 12.8 Å². The van der Waals surface area contributed by atoms with Crippen molar-refractivity contribution < 1.29 is 4.79 Å². The van der Waals surface area contributed by atoms with Gasteiger partial charge in [0.05, 0.1) is 6.04 Å². The van der Waals surface area contributed by atoms with Gasteiger partial charge in [0.25, 0.3) is 0 Å². The van der Waals surface area contributed by atoms with Gasteiger partial charge in [-0.3, -0.25) is 9.48 Å². The van der Waals surface area contributed by atoms with Crippen LogP contribution in [0.25, 0.3) is 11.4 Å². The third kappa shape index (κ3) is 1.59. The molecule has 0 aromatic carbocycles. The van der Waals surface area contributed by atoms with Gasteiger partial charge in [-0.2, -0.15) is 5.10 Å². The fourth-order valence-corrected chi connectivity index (χ4v) is 2.10. The molecule has 16 heavy (non-hydrogen) atoms. The largest absolute Gasteiger partial charge is 0.330 e. The second-order valence-corrected chi connectivity index (χ2v) is 4.61. The quantitative estimate of drug-likeness (QED) is 0.877. The Hall–Kier alpha value is -1.43. The number of carbonyl (C=O) groups excluding carboxylic acids is 1. The molecule has 0 saturated heterocycles. The highest BCUT2D eigenvalue weighted by atomic mass is 79.9. The molecule has 0 amide bonds. The van der Waals surface area contributed by atoms with Crippen molar-refractivity contribution in [1.29, 1.82) is 0 Å². The van der Waals surface area contributed by atoms with E-state index < -0.39 is 0 Å². The highest BCUT2D eigenvalue weighted by Crippen LogP contribution is 2.35. The molecular weight excluding hydrogens is 272 g/mol. The van der Waals surface area contributed by atoms with Gasteiger partial charge in [0.15, 0.2) is 12.1 Å². The van der Waals surface area contributed by atoms with Gasteiger partial charge in [-0.15, -0.1) is 0 Å². The van der Waals surface area contributed by atoms with Crippen LogP contribution in [0, 0.1) is 0 Å². The van der Waals surface area contributed by atoms with Gasteiger partial charge in [0.2, 0.25) is 0 Å². The maximum atomic E-state index is 10.6. The summed E-state index contributed by atoms with van der Waals surface area (Å²) in [5.74, 6) is 0.308. The highest BCUT2D eigenvalue weighted by molar-refractivity contribution is 9.10. The van der Waals surface area contributed by atoms with Crippen LogP contribution < -0.4 is 0 Å². The van der Waals surface area contributed by atoms with Gasteiger partial charge in [0.1, 0.15) is 16.0 Å². The summed E-state index contributed by atoms with van der Waals surface area (Å²) in [6, 6.07) is 2.46. The van der Waals surface area contributed by atoms with E-state index in [1.807, 2.05) is 16.9 Å². The zero-order valence-corrected chi connectivity index (χ0v) is 9.94. The Labute approximate surface area is 100 Å². The molecule has 2 aromatic heterocycles. The fourth-order valence-electron chi connectivity index (χ4n) is 1.60. The molecule has 82 valence electrons. The third-order valence-corrected chi connectivity index (χ3v) is 3.14. The lowest BCUT2D eigenvalue weighted by molar-refractivity contribution is 0.111. The Balaban J connectivity index is 1.99. The number of aldehydes is 1. The molecule has 1 aliphatic rings. The van der Waals surface area contributed by atoms with Crippen molar-refractivity contribution in [2.45, 2.75) is 18.9 Å². The Morgan fingerprint density at radius 1 is 1.56 bits per heavy atom. The molecule has 0 radical (unpaired) electrons. The van der Waals surface area contributed by atoms with Crippen molar-refractivity contribution in [2.75, 3.05) is 0 Å². The van der Waals surface area contributed by atoms with Crippen LogP contribution in [0.4, 0.5) is 0 Å². The normalized spacial score (nSPS) is 15.3. The Morgan fingerprint density at radius 2 is 2.38 bits per heavy atom. The highest BCUT2D eigenvalue weighted by Gasteiger charge is 2.25. The van der Waals surface area contributed by atoms with Crippen LogP contribution in [-0.2, 0) is 0 Å². The number of rotatable bonds is 3. The number of aromatic amines is 1. The standard InChI is InChI=1S/C10H9BrN4O/c11-10-9(12-8(5-16)13-10)7-3-4-15(14-7)6-1-2-6/h3-6H,1-2H2,(H,12,13). The van der Waals surface area contributed by atoms with E-state index in [1.54, 1.807) is 0 Å².